The third-order valence-corrected chi connectivity index (χ3v) is 2.15. The molecule has 0 heterocycles. The fraction of sp³-hybridized carbons (Fsp3) is 1.00. The number of nitrogens with two attached hydrogens (primary N) is 2. The highest BCUT2D eigenvalue weighted by Gasteiger charge is 2.19. The first-order valence-electron chi connectivity index (χ1n) is 5.83. The van der Waals surface area contributed by atoms with Crippen molar-refractivity contribution in [3.05, 3.63) is 0 Å². The van der Waals surface area contributed by atoms with Crippen LogP contribution in [0, 0.1) is 5.41 Å². The normalized spacial score (nSPS) is 15.9. The van der Waals surface area contributed by atoms with E-state index >= 15 is 0 Å². The molecule has 0 aliphatic heterocycles. The molecule has 0 fully saturated rings. The van der Waals surface area contributed by atoms with Gasteiger partial charge in [0.05, 0.1) is 38.6 Å². The van der Waals surface area contributed by atoms with Gasteiger partial charge in [-0.1, -0.05) is 13.8 Å². The van der Waals surface area contributed by atoms with Crippen LogP contribution in [0.5, 0.6) is 0 Å². The molecule has 104 valence electrons. The van der Waals surface area contributed by atoms with Crippen LogP contribution in [-0.4, -0.2) is 61.9 Å². The van der Waals surface area contributed by atoms with Gasteiger partial charge in [0.25, 0.3) is 0 Å². The zero-order valence-corrected chi connectivity index (χ0v) is 10.8. The molecule has 0 unspecified atom stereocenters. The Hall–Kier alpha value is -0.240. The minimum Gasteiger partial charge on any atom is -0.389 e. The molecular weight excluding hydrogens is 224 g/mol. The molecular formula is C11H26N2O4. The highest BCUT2D eigenvalue weighted by atomic mass is 16.5. The minimum atomic E-state index is -0.620. The van der Waals surface area contributed by atoms with E-state index in [4.69, 9.17) is 20.9 Å². The van der Waals surface area contributed by atoms with Gasteiger partial charge in [-0.15, -0.1) is 0 Å². The van der Waals surface area contributed by atoms with Gasteiger partial charge in [0.1, 0.15) is 0 Å². The lowest BCUT2D eigenvalue weighted by Crippen LogP contribution is -2.32. The van der Waals surface area contributed by atoms with Crippen LogP contribution in [0.25, 0.3) is 0 Å². The summed E-state index contributed by atoms with van der Waals surface area (Å²) in [5.74, 6) is 0. The Morgan fingerprint density at radius 2 is 1.29 bits per heavy atom. The smallest absolute Gasteiger partial charge is 0.0895 e. The van der Waals surface area contributed by atoms with E-state index in [1.54, 1.807) is 0 Å². The van der Waals surface area contributed by atoms with E-state index in [2.05, 4.69) is 0 Å². The van der Waals surface area contributed by atoms with Gasteiger partial charge in [0, 0.05) is 18.5 Å². The van der Waals surface area contributed by atoms with Crippen molar-refractivity contribution in [2.45, 2.75) is 26.1 Å². The molecule has 0 radical (unpaired) electrons. The van der Waals surface area contributed by atoms with E-state index in [-0.39, 0.29) is 31.7 Å². The number of hydrogen-bond donors (Lipinski definition) is 4. The summed E-state index contributed by atoms with van der Waals surface area (Å²) in [5, 5.41) is 18.4. The highest BCUT2D eigenvalue weighted by molar-refractivity contribution is 4.68. The average molecular weight is 250 g/mol. The van der Waals surface area contributed by atoms with Crippen LogP contribution in [0.15, 0.2) is 0 Å². The van der Waals surface area contributed by atoms with Crippen LogP contribution in [0.4, 0.5) is 0 Å². The summed E-state index contributed by atoms with van der Waals surface area (Å²) in [5.41, 5.74) is 10.3. The topological polar surface area (TPSA) is 111 Å². The summed E-state index contributed by atoms with van der Waals surface area (Å²) < 4.78 is 10.7. The first-order chi connectivity index (χ1) is 7.91. The van der Waals surface area contributed by atoms with Crippen molar-refractivity contribution in [2.24, 2.45) is 16.9 Å². The van der Waals surface area contributed by atoms with Gasteiger partial charge in [-0.25, -0.2) is 0 Å². The van der Waals surface area contributed by atoms with Crippen molar-refractivity contribution < 1.29 is 19.7 Å². The van der Waals surface area contributed by atoms with E-state index in [0.717, 1.165) is 0 Å². The molecule has 0 amide bonds. The Morgan fingerprint density at radius 3 is 1.59 bits per heavy atom. The summed E-state index contributed by atoms with van der Waals surface area (Å²) in [6.45, 7) is 5.73. The van der Waals surface area contributed by atoms with Crippen LogP contribution in [-0.2, 0) is 9.47 Å². The second-order valence-electron chi connectivity index (χ2n) is 4.97. The lowest BCUT2D eigenvalue weighted by molar-refractivity contribution is -0.0429. The molecule has 0 aromatic heterocycles. The van der Waals surface area contributed by atoms with Crippen LogP contribution in [0.3, 0.4) is 0 Å². The third kappa shape index (κ3) is 9.46. The molecule has 0 aromatic carbocycles. The van der Waals surface area contributed by atoms with Crippen molar-refractivity contribution in [2.75, 3.05) is 39.5 Å². The molecule has 0 aliphatic carbocycles. The molecule has 0 aliphatic rings. The van der Waals surface area contributed by atoms with Gasteiger partial charge >= 0.3 is 0 Å². The van der Waals surface area contributed by atoms with E-state index in [0.29, 0.717) is 13.2 Å². The average Bonchev–Trinajstić information content (AvgIpc) is 2.27. The lowest BCUT2D eigenvalue weighted by Gasteiger charge is -2.25. The molecule has 0 aromatic rings. The second-order valence-corrected chi connectivity index (χ2v) is 4.97. The van der Waals surface area contributed by atoms with Crippen molar-refractivity contribution in [3.63, 3.8) is 0 Å². The number of hydrogen-bond acceptors (Lipinski definition) is 6. The molecule has 0 saturated heterocycles. The van der Waals surface area contributed by atoms with Crippen molar-refractivity contribution in [1.29, 1.82) is 0 Å². The maximum Gasteiger partial charge on any atom is 0.0895 e. The predicted molar refractivity (Wildman–Crippen MR) is 65.5 cm³/mol. The van der Waals surface area contributed by atoms with Crippen molar-refractivity contribution in [1.82, 2.24) is 0 Å². The minimum absolute atomic E-state index is 0.178. The summed E-state index contributed by atoms with van der Waals surface area (Å²) in [6.07, 6.45) is -1.24. The molecule has 6 heteroatoms. The standard InChI is InChI=1S/C11H26N2O4/c1-11(2,7-16-5-9(14)3-12)8-17-6-10(15)4-13/h9-10,14-15H,3-8,12-13H2,1-2H3/t9-,10+. The first-order valence-corrected chi connectivity index (χ1v) is 5.83. The quantitative estimate of drug-likeness (QED) is 0.383. The maximum atomic E-state index is 9.21. The summed E-state index contributed by atoms with van der Waals surface area (Å²) in [4.78, 5) is 0. The maximum absolute atomic E-state index is 9.21. The monoisotopic (exact) mass is 250 g/mol. The molecule has 6 N–H and O–H groups in total. The summed E-state index contributed by atoms with van der Waals surface area (Å²) in [7, 11) is 0. The fourth-order valence-electron chi connectivity index (χ4n) is 1.12. The van der Waals surface area contributed by atoms with E-state index in [9.17, 15) is 10.2 Å². The van der Waals surface area contributed by atoms with Gasteiger partial charge in [-0.2, -0.15) is 0 Å². The zero-order chi connectivity index (χ0) is 13.3. The molecule has 0 rings (SSSR count). The number of aliphatic hydroxyl groups excluding tert-OH is 2. The van der Waals surface area contributed by atoms with E-state index < -0.39 is 12.2 Å². The van der Waals surface area contributed by atoms with Gasteiger partial charge in [0.2, 0.25) is 0 Å². The molecule has 0 spiro atoms. The van der Waals surface area contributed by atoms with Crippen molar-refractivity contribution >= 4 is 0 Å². The lowest BCUT2D eigenvalue weighted by atomic mass is 9.96. The van der Waals surface area contributed by atoms with Gasteiger partial charge in [-0.05, 0) is 0 Å². The second kappa shape index (κ2) is 8.79. The number of rotatable bonds is 10. The van der Waals surface area contributed by atoms with E-state index in [1.165, 1.54) is 0 Å². The molecule has 0 bridgehead atoms. The predicted octanol–water partition coefficient (Wildman–Crippen LogP) is -1.31. The summed E-state index contributed by atoms with van der Waals surface area (Å²) in [6, 6.07) is 0. The largest absolute Gasteiger partial charge is 0.389 e. The Kier molecular flexibility index (Phi) is 8.67. The van der Waals surface area contributed by atoms with E-state index in [1.807, 2.05) is 13.8 Å². The van der Waals surface area contributed by atoms with Crippen LogP contribution in [0.2, 0.25) is 0 Å². The number of ether oxygens (including phenoxy) is 2. The zero-order valence-electron chi connectivity index (χ0n) is 10.8. The summed E-state index contributed by atoms with van der Waals surface area (Å²) >= 11 is 0. The Bertz CT molecular complexity index is 172. The first kappa shape index (κ1) is 16.8. The molecule has 0 saturated carbocycles. The highest BCUT2D eigenvalue weighted by Crippen LogP contribution is 2.16. The van der Waals surface area contributed by atoms with Crippen LogP contribution < -0.4 is 11.5 Å². The van der Waals surface area contributed by atoms with Crippen LogP contribution >= 0.6 is 0 Å². The van der Waals surface area contributed by atoms with Gasteiger partial charge in [0.15, 0.2) is 0 Å². The Labute approximate surface area is 103 Å². The van der Waals surface area contributed by atoms with Crippen molar-refractivity contribution in [3.8, 4) is 0 Å². The Morgan fingerprint density at radius 1 is 0.941 bits per heavy atom. The Balaban J connectivity index is 3.65. The fourth-order valence-corrected chi connectivity index (χ4v) is 1.12. The van der Waals surface area contributed by atoms with Gasteiger partial charge < -0.3 is 31.2 Å². The number of aliphatic hydroxyl groups is 2. The molecule has 2 atom stereocenters. The van der Waals surface area contributed by atoms with Gasteiger partial charge in [-0.3, -0.25) is 0 Å². The SMILES string of the molecule is CC(C)(COC[C@H](O)CN)COC[C@@H](O)CN. The molecule has 17 heavy (non-hydrogen) atoms. The van der Waals surface area contributed by atoms with Crippen LogP contribution in [0.1, 0.15) is 13.8 Å². The third-order valence-electron chi connectivity index (χ3n) is 2.15. The molecule has 6 nitrogen and oxygen atoms in total.